The molecule has 3 nitrogen and oxygen atoms in total. The summed E-state index contributed by atoms with van der Waals surface area (Å²) in [7, 11) is 0. The highest BCUT2D eigenvalue weighted by molar-refractivity contribution is 5.76. The standard InChI is InChI=1S/C14H28N2O/c1-11(2)13-6-7-14(17)16(10-8-13)9-4-5-12(3)15/h11-13H,4-10,15H2,1-3H3. The van der Waals surface area contributed by atoms with Crippen molar-refractivity contribution in [3.05, 3.63) is 0 Å². The van der Waals surface area contributed by atoms with Crippen molar-refractivity contribution >= 4 is 5.91 Å². The summed E-state index contributed by atoms with van der Waals surface area (Å²) in [5.41, 5.74) is 5.73. The summed E-state index contributed by atoms with van der Waals surface area (Å²) >= 11 is 0. The van der Waals surface area contributed by atoms with E-state index in [2.05, 4.69) is 13.8 Å². The van der Waals surface area contributed by atoms with Crippen molar-refractivity contribution in [1.29, 1.82) is 0 Å². The minimum Gasteiger partial charge on any atom is -0.343 e. The second kappa shape index (κ2) is 7.00. The highest BCUT2D eigenvalue weighted by atomic mass is 16.2. The molecular weight excluding hydrogens is 212 g/mol. The minimum absolute atomic E-state index is 0.250. The SMILES string of the molecule is CC(N)CCCN1CCC(C(C)C)CCC1=O. The normalized spacial score (nSPS) is 23.9. The summed E-state index contributed by atoms with van der Waals surface area (Å²) in [6.45, 7) is 8.40. The number of hydrogen-bond acceptors (Lipinski definition) is 2. The molecule has 0 saturated carbocycles. The lowest BCUT2D eigenvalue weighted by Gasteiger charge is -2.22. The van der Waals surface area contributed by atoms with Crippen LogP contribution >= 0.6 is 0 Å². The molecule has 100 valence electrons. The Morgan fingerprint density at radius 3 is 2.65 bits per heavy atom. The molecule has 2 atom stereocenters. The van der Waals surface area contributed by atoms with Gasteiger partial charge in [0.15, 0.2) is 0 Å². The Kier molecular flexibility index (Phi) is 5.96. The monoisotopic (exact) mass is 240 g/mol. The lowest BCUT2D eigenvalue weighted by Crippen LogP contribution is -2.32. The third-order valence-corrected chi connectivity index (χ3v) is 3.88. The summed E-state index contributed by atoms with van der Waals surface area (Å²) in [5.74, 6) is 1.77. The molecule has 1 saturated heterocycles. The molecule has 0 aromatic heterocycles. The van der Waals surface area contributed by atoms with Gasteiger partial charge in [-0.2, -0.15) is 0 Å². The zero-order valence-electron chi connectivity index (χ0n) is 11.6. The third kappa shape index (κ3) is 5.07. The first kappa shape index (κ1) is 14.5. The Morgan fingerprint density at radius 2 is 2.06 bits per heavy atom. The average molecular weight is 240 g/mol. The topological polar surface area (TPSA) is 46.3 Å². The van der Waals surface area contributed by atoms with Crippen molar-refractivity contribution in [3.63, 3.8) is 0 Å². The summed E-state index contributed by atoms with van der Waals surface area (Å²) in [6, 6.07) is 0.250. The van der Waals surface area contributed by atoms with Crippen LogP contribution in [-0.4, -0.2) is 29.9 Å². The van der Waals surface area contributed by atoms with Crippen LogP contribution in [0, 0.1) is 11.8 Å². The van der Waals surface area contributed by atoms with Crippen LogP contribution in [0.15, 0.2) is 0 Å². The Balaban J connectivity index is 2.37. The molecule has 2 unspecified atom stereocenters. The van der Waals surface area contributed by atoms with Gasteiger partial charge in [0, 0.05) is 25.6 Å². The van der Waals surface area contributed by atoms with Crippen LogP contribution in [-0.2, 0) is 4.79 Å². The van der Waals surface area contributed by atoms with Crippen LogP contribution in [0.5, 0.6) is 0 Å². The van der Waals surface area contributed by atoms with Crippen LogP contribution in [0.2, 0.25) is 0 Å². The second-order valence-corrected chi connectivity index (χ2v) is 5.83. The molecule has 0 aromatic carbocycles. The van der Waals surface area contributed by atoms with Crippen LogP contribution in [0.25, 0.3) is 0 Å². The van der Waals surface area contributed by atoms with E-state index >= 15 is 0 Å². The van der Waals surface area contributed by atoms with Gasteiger partial charge in [0.1, 0.15) is 0 Å². The molecule has 3 heteroatoms. The van der Waals surface area contributed by atoms with Gasteiger partial charge in [-0.25, -0.2) is 0 Å². The van der Waals surface area contributed by atoms with Crippen LogP contribution in [0.3, 0.4) is 0 Å². The molecule has 0 radical (unpaired) electrons. The van der Waals surface area contributed by atoms with E-state index in [0.29, 0.717) is 11.8 Å². The lowest BCUT2D eigenvalue weighted by atomic mass is 9.89. The smallest absolute Gasteiger partial charge is 0.222 e. The number of amides is 1. The summed E-state index contributed by atoms with van der Waals surface area (Å²) in [4.78, 5) is 14.0. The van der Waals surface area contributed by atoms with Crippen LogP contribution in [0.4, 0.5) is 0 Å². The molecule has 0 aromatic rings. The second-order valence-electron chi connectivity index (χ2n) is 5.83. The van der Waals surface area contributed by atoms with Crippen molar-refractivity contribution in [2.75, 3.05) is 13.1 Å². The zero-order chi connectivity index (χ0) is 12.8. The average Bonchev–Trinajstić information content (AvgIpc) is 2.41. The Bertz CT molecular complexity index is 238. The van der Waals surface area contributed by atoms with E-state index in [9.17, 15) is 4.79 Å². The zero-order valence-corrected chi connectivity index (χ0v) is 11.6. The van der Waals surface area contributed by atoms with Gasteiger partial charge in [0.2, 0.25) is 5.91 Å². The Morgan fingerprint density at radius 1 is 1.35 bits per heavy atom. The minimum atomic E-state index is 0.250. The maximum absolute atomic E-state index is 12.0. The number of likely N-dealkylation sites (tertiary alicyclic amines) is 1. The van der Waals surface area contributed by atoms with Crippen molar-refractivity contribution in [2.24, 2.45) is 17.6 Å². The number of nitrogens with zero attached hydrogens (tertiary/aromatic N) is 1. The summed E-state index contributed by atoms with van der Waals surface area (Å²) in [6.07, 6.45) is 5.02. The van der Waals surface area contributed by atoms with Gasteiger partial charge in [0.05, 0.1) is 0 Å². The molecule has 1 fully saturated rings. The van der Waals surface area contributed by atoms with Gasteiger partial charge >= 0.3 is 0 Å². The number of nitrogens with two attached hydrogens (primary N) is 1. The largest absolute Gasteiger partial charge is 0.343 e. The lowest BCUT2D eigenvalue weighted by molar-refractivity contribution is -0.130. The van der Waals surface area contributed by atoms with E-state index < -0.39 is 0 Å². The first-order valence-electron chi connectivity index (χ1n) is 7.04. The third-order valence-electron chi connectivity index (χ3n) is 3.88. The van der Waals surface area contributed by atoms with Crippen molar-refractivity contribution in [3.8, 4) is 0 Å². The highest BCUT2D eigenvalue weighted by Crippen LogP contribution is 2.25. The van der Waals surface area contributed by atoms with Gasteiger partial charge < -0.3 is 10.6 Å². The van der Waals surface area contributed by atoms with E-state index in [-0.39, 0.29) is 6.04 Å². The van der Waals surface area contributed by atoms with Gasteiger partial charge in [-0.05, 0) is 44.4 Å². The van der Waals surface area contributed by atoms with E-state index in [1.54, 1.807) is 0 Å². The van der Waals surface area contributed by atoms with Crippen LogP contribution in [0.1, 0.15) is 52.9 Å². The van der Waals surface area contributed by atoms with E-state index in [0.717, 1.165) is 44.7 Å². The maximum atomic E-state index is 12.0. The van der Waals surface area contributed by atoms with Crippen molar-refractivity contribution in [1.82, 2.24) is 4.90 Å². The van der Waals surface area contributed by atoms with Crippen molar-refractivity contribution < 1.29 is 4.79 Å². The summed E-state index contributed by atoms with van der Waals surface area (Å²) in [5, 5.41) is 0. The Hall–Kier alpha value is -0.570. The molecule has 17 heavy (non-hydrogen) atoms. The quantitative estimate of drug-likeness (QED) is 0.802. The van der Waals surface area contributed by atoms with E-state index in [1.807, 2.05) is 11.8 Å². The fourth-order valence-electron chi connectivity index (χ4n) is 2.56. The summed E-state index contributed by atoms with van der Waals surface area (Å²) < 4.78 is 0. The highest BCUT2D eigenvalue weighted by Gasteiger charge is 2.23. The molecule has 1 amide bonds. The first-order valence-corrected chi connectivity index (χ1v) is 7.04. The molecule has 1 aliphatic heterocycles. The number of carbonyl (C=O) groups excluding carboxylic acids is 1. The molecule has 1 heterocycles. The number of carbonyl (C=O) groups is 1. The number of hydrogen-bond donors (Lipinski definition) is 1. The Labute approximate surface area is 106 Å². The predicted octanol–water partition coefficient (Wildman–Crippen LogP) is 2.40. The van der Waals surface area contributed by atoms with Crippen LogP contribution < -0.4 is 5.73 Å². The molecular formula is C14H28N2O. The maximum Gasteiger partial charge on any atom is 0.222 e. The fraction of sp³-hybridized carbons (Fsp3) is 0.929. The molecule has 1 aliphatic rings. The molecule has 1 rings (SSSR count). The van der Waals surface area contributed by atoms with Crippen molar-refractivity contribution in [2.45, 2.75) is 58.9 Å². The van der Waals surface area contributed by atoms with E-state index in [1.165, 1.54) is 6.42 Å². The van der Waals surface area contributed by atoms with E-state index in [4.69, 9.17) is 5.73 Å². The first-order chi connectivity index (χ1) is 8.00. The fourth-order valence-corrected chi connectivity index (χ4v) is 2.56. The molecule has 0 aliphatic carbocycles. The molecule has 0 spiro atoms. The molecule has 0 bridgehead atoms. The van der Waals surface area contributed by atoms with Gasteiger partial charge in [-0.3, -0.25) is 4.79 Å². The van der Waals surface area contributed by atoms with Gasteiger partial charge in [-0.1, -0.05) is 13.8 Å². The number of rotatable bonds is 5. The van der Waals surface area contributed by atoms with Gasteiger partial charge in [0.25, 0.3) is 0 Å². The predicted molar refractivity (Wildman–Crippen MR) is 71.6 cm³/mol. The van der Waals surface area contributed by atoms with Gasteiger partial charge in [-0.15, -0.1) is 0 Å². The molecule has 2 N–H and O–H groups in total.